The Hall–Kier alpha value is -1.47. The Labute approximate surface area is 130 Å². The zero-order valence-electron chi connectivity index (χ0n) is 11.6. The molecule has 114 valence electrons. The van der Waals surface area contributed by atoms with Gasteiger partial charge in [-0.2, -0.15) is 0 Å². The maximum Gasteiger partial charge on any atom is 0.330 e. The van der Waals surface area contributed by atoms with Crippen LogP contribution in [0.3, 0.4) is 0 Å². The predicted octanol–water partition coefficient (Wildman–Crippen LogP) is 1.57. The molecule has 1 N–H and O–H groups in total. The van der Waals surface area contributed by atoms with Crippen LogP contribution < -0.4 is 5.32 Å². The second-order valence-electron chi connectivity index (χ2n) is 4.59. The summed E-state index contributed by atoms with van der Waals surface area (Å²) in [4.78, 5) is 25.8. The van der Waals surface area contributed by atoms with Gasteiger partial charge in [-0.05, 0) is 25.1 Å². The molecule has 0 radical (unpaired) electrons. The highest BCUT2D eigenvalue weighted by atomic mass is 79.9. The fraction of sp³-hybridized carbons (Fsp3) is 0.429. The van der Waals surface area contributed by atoms with Gasteiger partial charge in [-0.1, -0.05) is 15.9 Å². The van der Waals surface area contributed by atoms with Crippen LogP contribution in [0.2, 0.25) is 0 Å². The molecule has 1 aromatic carbocycles. The van der Waals surface area contributed by atoms with Crippen molar-refractivity contribution in [2.24, 2.45) is 0 Å². The molecular weight excluding hydrogens is 343 g/mol. The number of carbonyl (C=O) groups is 2. The lowest BCUT2D eigenvalue weighted by Gasteiger charge is -2.34. The van der Waals surface area contributed by atoms with Crippen molar-refractivity contribution in [2.75, 3.05) is 26.2 Å². The van der Waals surface area contributed by atoms with Crippen LogP contribution in [0.4, 0.5) is 4.39 Å². The minimum Gasteiger partial charge on any atom is -0.464 e. The Morgan fingerprint density at radius 3 is 3.00 bits per heavy atom. The van der Waals surface area contributed by atoms with E-state index in [0.29, 0.717) is 24.1 Å². The average molecular weight is 359 g/mol. The number of hydrogen-bond donors (Lipinski definition) is 1. The van der Waals surface area contributed by atoms with E-state index in [2.05, 4.69) is 21.2 Å². The number of esters is 1. The van der Waals surface area contributed by atoms with Crippen molar-refractivity contribution in [1.82, 2.24) is 10.2 Å². The van der Waals surface area contributed by atoms with E-state index in [-0.39, 0.29) is 12.2 Å². The first-order valence-corrected chi connectivity index (χ1v) is 7.47. The summed E-state index contributed by atoms with van der Waals surface area (Å²) in [6, 6.07) is 3.43. The van der Waals surface area contributed by atoms with Gasteiger partial charge in [0.25, 0.3) is 5.91 Å². The Kier molecular flexibility index (Phi) is 5.30. The number of hydrogen-bond acceptors (Lipinski definition) is 4. The lowest BCUT2D eigenvalue weighted by atomic mass is 10.1. The van der Waals surface area contributed by atoms with E-state index in [1.165, 1.54) is 23.1 Å². The van der Waals surface area contributed by atoms with Crippen LogP contribution in [-0.4, -0.2) is 49.1 Å². The van der Waals surface area contributed by atoms with Gasteiger partial charge in [-0.3, -0.25) is 4.79 Å². The molecule has 1 unspecified atom stereocenters. The summed E-state index contributed by atoms with van der Waals surface area (Å²) >= 11 is 3.22. The first-order chi connectivity index (χ1) is 10.0. The average Bonchev–Trinajstić information content (AvgIpc) is 2.49. The van der Waals surface area contributed by atoms with Crippen LogP contribution in [0.5, 0.6) is 0 Å². The first-order valence-electron chi connectivity index (χ1n) is 6.68. The zero-order chi connectivity index (χ0) is 15.4. The first kappa shape index (κ1) is 15.9. The van der Waals surface area contributed by atoms with Crippen molar-refractivity contribution in [3.05, 3.63) is 34.1 Å². The van der Waals surface area contributed by atoms with Crippen molar-refractivity contribution in [1.29, 1.82) is 0 Å². The molecule has 1 amide bonds. The number of benzene rings is 1. The molecular formula is C14H16BrFN2O3. The largest absolute Gasteiger partial charge is 0.464 e. The molecule has 0 spiro atoms. The van der Waals surface area contributed by atoms with Crippen LogP contribution in [0.25, 0.3) is 0 Å². The van der Waals surface area contributed by atoms with Gasteiger partial charge in [0, 0.05) is 24.1 Å². The van der Waals surface area contributed by atoms with Gasteiger partial charge in [0.05, 0.1) is 12.2 Å². The number of ether oxygens (including phenoxy) is 1. The molecule has 0 aromatic heterocycles. The van der Waals surface area contributed by atoms with E-state index < -0.39 is 23.7 Å². The van der Waals surface area contributed by atoms with E-state index in [0.717, 1.165) is 0 Å². The highest BCUT2D eigenvalue weighted by Gasteiger charge is 2.34. The number of carbonyl (C=O) groups excluding carboxylic acids is 2. The van der Waals surface area contributed by atoms with Crippen LogP contribution in [0.1, 0.15) is 17.3 Å². The minimum absolute atomic E-state index is 0.0550. The molecule has 5 nitrogen and oxygen atoms in total. The summed E-state index contributed by atoms with van der Waals surface area (Å²) in [5.74, 6) is -1.59. The highest BCUT2D eigenvalue weighted by molar-refractivity contribution is 9.10. The maximum absolute atomic E-state index is 13.9. The van der Waals surface area contributed by atoms with Crippen LogP contribution in [0, 0.1) is 5.82 Å². The summed E-state index contributed by atoms with van der Waals surface area (Å²) < 4.78 is 19.4. The fourth-order valence-corrected chi connectivity index (χ4v) is 2.57. The van der Waals surface area contributed by atoms with E-state index in [1.807, 2.05) is 0 Å². The van der Waals surface area contributed by atoms with Crippen molar-refractivity contribution >= 4 is 27.8 Å². The third kappa shape index (κ3) is 3.59. The fourth-order valence-electron chi connectivity index (χ4n) is 2.21. The quantitative estimate of drug-likeness (QED) is 0.833. The molecule has 1 aliphatic heterocycles. The number of rotatable bonds is 3. The predicted molar refractivity (Wildman–Crippen MR) is 78.4 cm³/mol. The smallest absolute Gasteiger partial charge is 0.330 e. The van der Waals surface area contributed by atoms with Crippen LogP contribution >= 0.6 is 15.9 Å². The number of nitrogens with zero attached hydrogens (tertiary/aromatic N) is 1. The minimum atomic E-state index is -0.732. The Morgan fingerprint density at radius 1 is 1.52 bits per heavy atom. The van der Waals surface area contributed by atoms with Crippen molar-refractivity contribution < 1.29 is 18.7 Å². The van der Waals surface area contributed by atoms with Crippen molar-refractivity contribution in [2.45, 2.75) is 13.0 Å². The summed E-state index contributed by atoms with van der Waals surface area (Å²) in [5.41, 5.74) is -0.0550. The molecule has 0 aliphatic carbocycles. The number of nitrogens with one attached hydrogen (secondary N) is 1. The summed E-state index contributed by atoms with van der Waals surface area (Å²) in [5, 5.41) is 3.04. The summed E-state index contributed by atoms with van der Waals surface area (Å²) in [6.07, 6.45) is 0. The Bertz CT molecular complexity index is 553. The molecule has 7 heteroatoms. The van der Waals surface area contributed by atoms with Gasteiger partial charge in [0.15, 0.2) is 0 Å². The number of piperazine rings is 1. The summed E-state index contributed by atoms with van der Waals surface area (Å²) in [7, 11) is 0. The molecule has 1 saturated heterocycles. The summed E-state index contributed by atoms with van der Waals surface area (Å²) in [6.45, 7) is 3.13. The SMILES string of the molecule is CCOC(=O)C1CNCCN1C(=O)c1cc(Br)ccc1F. The molecule has 1 fully saturated rings. The van der Waals surface area contributed by atoms with Gasteiger partial charge in [-0.15, -0.1) is 0 Å². The monoisotopic (exact) mass is 358 g/mol. The normalized spacial score (nSPS) is 18.4. The lowest BCUT2D eigenvalue weighted by Crippen LogP contribution is -2.57. The lowest BCUT2D eigenvalue weighted by molar-refractivity contribution is -0.149. The topological polar surface area (TPSA) is 58.6 Å². The van der Waals surface area contributed by atoms with E-state index in [1.54, 1.807) is 6.92 Å². The second-order valence-corrected chi connectivity index (χ2v) is 5.51. The molecule has 21 heavy (non-hydrogen) atoms. The van der Waals surface area contributed by atoms with Crippen molar-refractivity contribution in [3.63, 3.8) is 0 Å². The second kappa shape index (κ2) is 7.00. The standard InChI is InChI=1S/C14H16BrFN2O3/c1-2-21-14(20)12-8-17-5-6-18(12)13(19)10-7-9(15)3-4-11(10)16/h3-4,7,12,17H,2,5-6,8H2,1H3. The highest BCUT2D eigenvalue weighted by Crippen LogP contribution is 2.19. The molecule has 0 saturated carbocycles. The molecule has 1 aliphatic rings. The van der Waals surface area contributed by atoms with Gasteiger partial charge in [0.2, 0.25) is 0 Å². The van der Waals surface area contributed by atoms with Gasteiger partial charge in [0.1, 0.15) is 11.9 Å². The number of halogens is 2. The Balaban J connectivity index is 2.26. The van der Waals surface area contributed by atoms with E-state index >= 15 is 0 Å². The van der Waals surface area contributed by atoms with Gasteiger partial charge < -0.3 is 15.0 Å². The van der Waals surface area contributed by atoms with Crippen molar-refractivity contribution in [3.8, 4) is 0 Å². The van der Waals surface area contributed by atoms with E-state index in [4.69, 9.17) is 4.74 Å². The molecule has 1 heterocycles. The van der Waals surface area contributed by atoms with Crippen LogP contribution in [-0.2, 0) is 9.53 Å². The van der Waals surface area contributed by atoms with Gasteiger partial charge >= 0.3 is 5.97 Å². The molecule has 1 aromatic rings. The third-order valence-corrected chi connectivity index (χ3v) is 3.71. The number of amides is 1. The molecule has 0 bridgehead atoms. The maximum atomic E-state index is 13.9. The molecule has 2 rings (SSSR count). The zero-order valence-corrected chi connectivity index (χ0v) is 13.2. The van der Waals surface area contributed by atoms with E-state index in [9.17, 15) is 14.0 Å². The van der Waals surface area contributed by atoms with Crippen LogP contribution in [0.15, 0.2) is 22.7 Å². The third-order valence-electron chi connectivity index (χ3n) is 3.22. The molecule has 1 atom stereocenters. The van der Waals surface area contributed by atoms with Gasteiger partial charge in [-0.25, -0.2) is 9.18 Å². The Morgan fingerprint density at radius 2 is 2.29 bits per heavy atom.